The fourth-order valence-electron chi connectivity index (χ4n) is 2.93. The van der Waals surface area contributed by atoms with Crippen molar-refractivity contribution in [3.05, 3.63) is 0 Å². The van der Waals surface area contributed by atoms with Crippen LogP contribution in [0.3, 0.4) is 0 Å². The summed E-state index contributed by atoms with van der Waals surface area (Å²) < 4.78 is 11.3. The molecule has 0 amide bonds. The molecule has 1 atom stereocenters. The van der Waals surface area contributed by atoms with Crippen LogP contribution in [0.2, 0.25) is 0 Å². The van der Waals surface area contributed by atoms with Crippen molar-refractivity contribution in [2.45, 2.75) is 43.4 Å². The van der Waals surface area contributed by atoms with Gasteiger partial charge >= 0.3 is 0 Å². The van der Waals surface area contributed by atoms with Crippen LogP contribution in [-0.4, -0.2) is 49.0 Å². The van der Waals surface area contributed by atoms with Crippen LogP contribution in [0.4, 0.5) is 0 Å². The zero-order valence-electron chi connectivity index (χ0n) is 9.74. The number of thioether (sulfide) groups is 1. The second kappa shape index (κ2) is 4.84. The van der Waals surface area contributed by atoms with Gasteiger partial charge in [0.15, 0.2) is 0 Å². The number of hydrogen-bond donors (Lipinski definition) is 1. The summed E-state index contributed by atoms with van der Waals surface area (Å²) in [4.78, 5) is 0. The highest BCUT2D eigenvalue weighted by Gasteiger charge is 2.39. The minimum Gasteiger partial charge on any atom is -0.378 e. The summed E-state index contributed by atoms with van der Waals surface area (Å²) in [6.07, 6.45) is 4.88. The normalized spacial score (nSPS) is 34.9. The van der Waals surface area contributed by atoms with Crippen molar-refractivity contribution < 1.29 is 9.47 Å². The fourth-order valence-corrected chi connectivity index (χ4v) is 4.16. The molecule has 1 N–H and O–H groups in total. The van der Waals surface area contributed by atoms with E-state index in [1.807, 2.05) is 0 Å². The smallest absolute Gasteiger partial charge is 0.0713 e. The topological polar surface area (TPSA) is 30.5 Å². The summed E-state index contributed by atoms with van der Waals surface area (Å²) in [5, 5.41) is 3.72. The van der Waals surface area contributed by atoms with Gasteiger partial charge in [0, 0.05) is 12.6 Å². The Morgan fingerprint density at radius 3 is 2.62 bits per heavy atom. The number of hydrogen-bond acceptors (Lipinski definition) is 4. The second-order valence-electron chi connectivity index (χ2n) is 5.23. The van der Waals surface area contributed by atoms with Gasteiger partial charge < -0.3 is 14.8 Å². The Labute approximate surface area is 102 Å². The van der Waals surface area contributed by atoms with Crippen LogP contribution in [0.5, 0.6) is 0 Å². The molecule has 3 fully saturated rings. The molecule has 0 saturated carbocycles. The van der Waals surface area contributed by atoms with Crippen molar-refractivity contribution in [1.82, 2.24) is 5.32 Å². The third-order valence-electron chi connectivity index (χ3n) is 4.01. The van der Waals surface area contributed by atoms with E-state index in [4.69, 9.17) is 9.47 Å². The van der Waals surface area contributed by atoms with Crippen LogP contribution in [0.1, 0.15) is 25.7 Å². The van der Waals surface area contributed by atoms with Gasteiger partial charge in [0.1, 0.15) is 0 Å². The van der Waals surface area contributed by atoms with Gasteiger partial charge in [-0.15, -0.1) is 0 Å². The molecule has 92 valence electrons. The lowest BCUT2D eigenvalue weighted by Crippen LogP contribution is -2.55. The molecule has 3 aliphatic heterocycles. The van der Waals surface area contributed by atoms with Gasteiger partial charge in [0.25, 0.3) is 0 Å². The number of ether oxygens (including phenoxy) is 2. The Morgan fingerprint density at radius 1 is 1.12 bits per heavy atom. The van der Waals surface area contributed by atoms with E-state index in [0.29, 0.717) is 12.1 Å². The average molecular weight is 243 g/mol. The van der Waals surface area contributed by atoms with Crippen LogP contribution < -0.4 is 5.32 Å². The van der Waals surface area contributed by atoms with Crippen molar-refractivity contribution in [2.75, 3.05) is 31.3 Å². The highest BCUT2D eigenvalue weighted by molar-refractivity contribution is 7.99. The van der Waals surface area contributed by atoms with Gasteiger partial charge in [-0.2, -0.15) is 11.8 Å². The van der Waals surface area contributed by atoms with Crippen molar-refractivity contribution in [2.24, 2.45) is 0 Å². The van der Waals surface area contributed by atoms with E-state index in [1.54, 1.807) is 0 Å². The maximum absolute atomic E-state index is 6.09. The monoisotopic (exact) mass is 243 g/mol. The van der Waals surface area contributed by atoms with E-state index < -0.39 is 0 Å². The first-order chi connectivity index (χ1) is 7.86. The summed E-state index contributed by atoms with van der Waals surface area (Å²) in [5.41, 5.74) is 0.214. The minimum atomic E-state index is 0.214. The van der Waals surface area contributed by atoms with Crippen molar-refractivity contribution in [1.29, 1.82) is 0 Å². The molecule has 3 aliphatic rings. The average Bonchev–Trinajstić information content (AvgIpc) is 2.25. The van der Waals surface area contributed by atoms with Gasteiger partial charge in [0.05, 0.1) is 24.9 Å². The van der Waals surface area contributed by atoms with E-state index in [1.165, 1.54) is 37.2 Å². The summed E-state index contributed by atoms with van der Waals surface area (Å²) >= 11 is 2.07. The molecule has 3 nitrogen and oxygen atoms in total. The molecule has 1 unspecified atom stereocenters. The van der Waals surface area contributed by atoms with E-state index in [2.05, 4.69) is 17.1 Å². The van der Waals surface area contributed by atoms with E-state index >= 15 is 0 Å². The molecule has 0 radical (unpaired) electrons. The standard InChI is InChI=1S/C12H21NO2S/c1-4-15-12(2-5-16-6-3-12)7-10(1)13-11-8-14-9-11/h10-11,13H,1-9H2. The SMILES string of the molecule is C1CC(NC2COC2)CC2(CCSCC2)O1. The minimum absolute atomic E-state index is 0.214. The van der Waals surface area contributed by atoms with E-state index in [9.17, 15) is 0 Å². The van der Waals surface area contributed by atoms with Crippen molar-refractivity contribution in [3.8, 4) is 0 Å². The maximum atomic E-state index is 6.09. The lowest BCUT2D eigenvalue weighted by atomic mass is 9.85. The zero-order chi connectivity index (χ0) is 10.8. The maximum Gasteiger partial charge on any atom is 0.0713 e. The molecule has 4 heteroatoms. The highest BCUT2D eigenvalue weighted by Crippen LogP contribution is 2.37. The van der Waals surface area contributed by atoms with Crippen LogP contribution in [-0.2, 0) is 9.47 Å². The molecule has 3 heterocycles. The van der Waals surface area contributed by atoms with Crippen LogP contribution >= 0.6 is 11.8 Å². The van der Waals surface area contributed by atoms with Crippen molar-refractivity contribution >= 4 is 11.8 Å². The predicted molar refractivity (Wildman–Crippen MR) is 66.0 cm³/mol. The van der Waals surface area contributed by atoms with Crippen LogP contribution in [0, 0.1) is 0 Å². The van der Waals surface area contributed by atoms with Gasteiger partial charge in [0.2, 0.25) is 0 Å². The van der Waals surface area contributed by atoms with Gasteiger partial charge in [-0.25, -0.2) is 0 Å². The fraction of sp³-hybridized carbons (Fsp3) is 1.00. The molecule has 3 saturated heterocycles. The lowest BCUT2D eigenvalue weighted by molar-refractivity contribution is -0.101. The summed E-state index contributed by atoms with van der Waals surface area (Å²) in [6, 6.07) is 1.27. The highest BCUT2D eigenvalue weighted by atomic mass is 32.2. The Balaban J connectivity index is 1.55. The molecule has 0 aromatic rings. The molecule has 1 spiro atoms. The molecule has 16 heavy (non-hydrogen) atoms. The predicted octanol–water partition coefficient (Wildman–Crippen LogP) is 1.42. The first-order valence-corrected chi connectivity index (χ1v) is 7.57. The third-order valence-corrected chi connectivity index (χ3v) is 4.99. The summed E-state index contributed by atoms with van der Waals surface area (Å²) in [7, 11) is 0. The lowest BCUT2D eigenvalue weighted by Gasteiger charge is -2.45. The van der Waals surface area contributed by atoms with E-state index in [-0.39, 0.29) is 5.60 Å². The number of nitrogens with one attached hydrogen (secondary N) is 1. The quantitative estimate of drug-likeness (QED) is 0.794. The molecular weight excluding hydrogens is 222 g/mol. The van der Waals surface area contributed by atoms with Crippen molar-refractivity contribution in [3.63, 3.8) is 0 Å². The van der Waals surface area contributed by atoms with Gasteiger partial charge in [-0.1, -0.05) is 0 Å². The Kier molecular flexibility index (Phi) is 3.43. The third kappa shape index (κ3) is 2.40. The molecule has 0 aliphatic carbocycles. The summed E-state index contributed by atoms with van der Waals surface area (Å²) in [6.45, 7) is 2.75. The molecule has 0 aromatic heterocycles. The Morgan fingerprint density at radius 2 is 1.94 bits per heavy atom. The molecule has 0 aromatic carbocycles. The molecular formula is C12H21NO2S. The molecule has 3 rings (SSSR count). The Hall–Kier alpha value is 0.230. The van der Waals surface area contributed by atoms with Gasteiger partial charge in [-0.3, -0.25) is 0 Å². The zero-order valence-corrected chi connectivity index (χ0v) is 10.6. The van der Waals surface area contributed by atoms with Crippen LogP contribution in [0.15, 0.2) is 0 Å². The van der Waals surface area contributed by atoms with E-state index in [0.717, 1.165) is 19.8 Å². The first kappa shape index (κ1) is 11.3. The Bertz CT molecular complexity index is 234. The number of rotatable bonds is 2. The van der Waals surface area contributed by atoms with Crippen LogP contribution in [0.25, 0.3) is 0 Å². The first-order valence-electron chi connectivity index (χ1n) is 6.42. The largest absolute Gasteiger partial charge is 0.378 e. The second-order valence-corrected chi connectivity index (χ2v) is 6.46. The molecule has 0 bridgehead atoms. The summed E-state index contributed by atoms with van der Waals surface area (Å²) in [5.74, 6) is 2.55. The van der Waals surface area contributed by atoms with Gasteiger partial charge in [-0.05, 0) is 37.2 Å².